The van der Waals surface area contributed by atoms with Crippen molar-refractivity contribution in [3.8, 4) is 0 Å². The van der Waals surface area contributed by atoms with Gasteiger partial charge in [-0.15, -0.1) is 0 Å². The van der Waals surface area contributed by atoms with Gasteiger partial charge < -0.3 is 0 Å². The highest BCUT2D eigenvalue weighted by atomic mass is 28.2. The van der Waals surface area contributed by atoms with E-state index in [-0.39, 0.29) is 9.52 Å². The number of unbranched alkanes of at least 4 members (excludes halogenated alkanes) is 13. The Labute approximate surface area is 154 Å². The van der Waals surface area contributed by atoms with E-state index in [9.17, 15) is 0 Å². The normalized spacial score (nSPS) is 11.5. The van der Waals surface area contributed by atoms with E-state index >= 15 is 0 Å². The van der Waals surface area contributed by atoms with Gasteiger partial charge in [-0.1, -0.05) is 139 Å². The van der Waals surface area contributed by atoms with Crippen molar-refractivity contribution in [1.82, 2.24) is 0 Å². The highest BCUT2D eigenvalue weighted by molar-refractivity contribution is 6.34. The molecule has 0 atom stereocenters. The van der Waals surface area contributed by atoms with E-state index < -0.39 is 0 Å². The molecule has 0 amide bonds. The summed E-state index contributed by atoms with van der Waals surface area (Å²) in [6.07, 6.45) is 20.6. The van der Waals surface area contributed by atoms with Crippen LogP contribution in [-0.4, -0.2) is 9.52 Å². The van der Waals surface area contributed by atoms with Crippen LogP contribution in [0.15, 0.2) is 30.3 Å². The van der Waals surface area contributed by atoms with E-state index in [0.29, 0.717) is 0 Å². The maximum atomic E-state index is 2.30. The number of hydrogen-bond acceptors (Lipinski definition) is 0. The first-order valence-electron chi connectivity index (χ1n) is 11.0. The summed E-state index contributed by atoms with van der Waals surface area (Å²) >= 11 is 0. The van der Waals surface area contributed by atoms with Crippen LogP contribution in [0.25, 0.3) is 0 Å². The van der Waals surface area contributed by atoms with Gasteiger partial charge in [0.25, 0.3) is 0 Å². The molecule has 1 aromatic carbocycles. The molecule has 0 saturated heterocycles. The van der Waals surface area contributed by atoms with Crippen LogP contribution < -0.4 is 0 Å². The standard InChI is InChI=1S/C23H42Si/c1-2-3-4-5-6-7-8-9-10-11-12-13-14-18-21-24-22-23-19-16-15-17-20-23/h15-17,19-20H,2-14,18,21-22,24H2,1H3. The summed E-state index contributed by atoms with van der Waals surface area (Å²) in [5, 5.41) is 0. The van der Waals surface area contributed by atoms with Gasteiger partial charge in [0.2, 0.25) is 0 Å². The molecule has 1 heteroatoms. The molecule has 138 valence electrons. The fourth-order valence-corrected chi connectivity index (χ4v) is 5.22. The van der Waals surface area contributed by atoms with Gasteiger partial charge in [-0.2, -0.15) is 0 Å². The summed E-state index contributed by atoms with van der Waals surface area (Å²) in [6.45, 7) is 2.30. The third kappa shape index (κ3) is 13.8. The van der Waals surface area contributed by atoms with Crippen molar-refractivity contribution in [2.45, 2.75) is 109 Å². The average Bonchev–Trinajstić information content (AvgIpc) is 2.62. The number of rotatable bonds is 17. The summed E-state index contributed by atoms with van der Waals surface area (Å²) < 4.78 is 0. The Morgan fingerprint density at radius 3 is 1.54 bits per heavy atom. The van der Waals surface area contributed by atoms with Gasteiger partial charge >= 0.3 is 0 Å². The maximum absolute atomic E-state index is 2.30. The molecular weight excluding hydrogens is 304 g/mol. The predicted octanol–water partition coefficient (Wildman–Crippen LogP) is 7.26. The number of benzene rings is 1. The summed E-state index contributed by atoms with van der Waals surface area (Å²) in [5.41, 5.74) is 1.56. The topological polar surface area (TPSA) is 0 Å². The van der Waals surface area contributed by atoms with E-state index in [4.69, 9.17) is 0 Å². The second-order valence-corrected chi connectivity index (χ2v) is 9.45. The van der Waals surface area contributed by atoms with Gasteiger partial charge in [0, 0.05) is 9.52 Å². The Morgan fingerprint density at radius 2 is 1.04 bits per heavy atom. The van der Waals surface area contributed by atoms with Gasteiger partial charge in [-0.25, -0.2) is 0 Å². The predicted molar refractivity (Wildman–Crippen MR) is 114 cm³/mol. The highest BCUT2D eigenvalue weighted by Crippen LogP contribution is 2.13. The zero-order chi connectivity index (χ0) is 17.1. The Balaban J connectivity index is 1.70. The molecule has 0 heterocycles. The summed E-state index contributed by atoms with van der Waals surface area (Å²) in [7, 11) is 0.151. The van der Waals surface area contributed by atoms with Crippen LogP contribution in [0.4, 0.5) is 0 Å². The lowest BCUT2D eigenvalue weighted by Crippen LogP contribution is -1.96. The molecule has 1 aromatic rings. The van der Waals surface area contributed by atoms with Crippen LogP contribution in [-0.2, 0) is 6.04 Å². The molecule has 0 bridgehead atoms. The van der Waals surface area contributed by atoms with Crippen molar-refractivity contribution in [3.63, 3.8) is 0 Å². The lowest BCUT2D eigenvalue weighted by molar-refractivity contribution is 0.538. The van der Waals surface area contributed by atoms with Crippen molar-refractivity contribution in [2.24, 2.45) is 0 Å². The zero-order valence-electron chi connectivity index (χ0n) is 16.4. The molecular formula is C23H42Si. The number of hydrogen-bond donors (Lipinski definition) is 0. The Morgan fingerprint density at radius 1 is 0.583 bits per heavy atom. The Kier molecular flexibility index (Phi) is 15.5. The van der Waals surface area contributed by atoms with Crippen molar-refractivity contribution < 1.29 is 0 Å². The van der Waals surface area contributed by atoms with Crippen molar-refractivity contribution in [3.05, 3.63) is 35.9 Å². The molecule has 0 aliphatic carbocycles. The fourth-order valence-electron chi connectivity index (χ4n) is 3.52. The van der Waals surface area contributed by atoms with E-state index in [1.54, 1.807) is 11.6 Å². The third-order valence-electron chi connectivity index (χ3n) is 5.16. The Hall–Kier alpha value is -0.563. The highest BCUT2D eigenvalue weighted by Gasteiger charge is 1.96. The van der Waals surface area contributed by atoms with E-state index in [1.165, 1.54) is 95.9 Å². The van der Waals surface area contributed by atoms with Gasteiger partial charge in [-0.3, -0.25) is 0 Å². The zero-order valence-corrected chi connectivity index (χ0v) is 17.8. The van der Waals surface area contributed by atoms with Crippen LogP contribution in [0.3, 0.4) is 0 Å². The average molecular weight is 347 g/mol. The minimum Gasteiger partial charge on any atom is -0.0654 e. The quantitative estimate of drug-likeness (QED) is 0.206. The van der Waals surface area contributed by atoms with E-state index in [2.05, 4.69) is 37.3 Å². The molecule has 0 aliphatic heterocycles. The molecule has 0 N–H and O–H groups in total. The maximum Gasteiger partial charge on any atom is 0.0247 e. The molecule has 0 unspecified atom stereocenters. The molecule has 0 radical (unpaired) electrons. The van der Waals surface area contributed by atoms with Gasteiger partial charge in [0.15, 0.2) is 0 Å². The molecule has 0 saturated carbocycles. The second-order valence-electron chi connectivity index (χ2n) is 7.54. The first-order valence-corrected chi connectivity index (χ1v) is 13.0. The van der Waals surface area contributed by atoms with Crippen LogP contribution >= 0.6 is 0 Å². The lowest BCUT2D eigenvalue weighted by atomic mass is 10.0. The van der Waals surface area contributed by atoms with Crippen LogP contribution in [0.5, 0.6) is 0 Å². The van der Waals surface area contributed by atoms with Crippen LogP contribution in [0.1, 0.15) is 102 Å². The van der Waals surface area contributed by atoms with Crippen molar-refractivity contribution in [1.29, 1.82) is 0 Å². The van der Waals surface area contributed by atoms with Gasteiger partial charge in [0.1, 0.15) is 0 Å². The van der Waals surface area contributed by atoms with Crippen molar-refractivity contribution in [2.75, 3.05) is 0 Å². The van der Waals surface area contributed by atoms with Crippen LogP contribution in [0, 0.1) is 0 Å². The third-order valence-corrected chi connectivity index (χ3v) is 7.09. The second kappa shape index (κ2) is 17.3. The SMILES string of the molecule is CCCCCCCCCCCCCCCC[SiH2]Cc1ccccc1. The smallest absolute Gasteiger partial charge is 0.0247 e. The van der Waals surface area contributed by atoms with E-state index in [0.717, 1.165) is 0 Å². The molecule has 1 rings (SSSR count). The van der Waals surface area contributed by atoms with Crippen molar-refractivity contribution >= 4 is 9.52 Å². The minimum absolute atomic E-state index is 0.151. The van der Waals surface area contributed by atoms with Gasteiger partial charge in [-0.05, 0) is 6.04 Å². The summed E-state index contributed by atoms with van der Waals surface area (Å²) in [5.74, 6) is 0. The van der Waals surface area contributed by atoms with E-state index in [1.807, 2.05) is 0 Å². The largest absolute Gasteiger partial charge is 0.0654 e. The first-order chi connectivity index (χ1) is 11.9. The summed E-state index contributed by atoms with van der Waals surface area (Å²) in [4.78, 5) is 0. The van der Waals surface area contributed by atoms with Crippen LogP contribution in [0.2, 0.25) is 6.04 Å². The molecule has 0 nitrogen and oxygen atoms in total. The first kappa shape index (κ1) is 21.5. The monoisotopic (exact) mass is 346 g/mol. The fraction of sp³-hybridized carbons (Fsp3) is 0.739. The Bertz CT molecular complexity index is 346. The molecule has 0 aromatic heterocycles. The molecule has 24 heavy (non-hydrogen) atoms. The summed E-state index contributed by atoms with van der Waals surface area (Å²) in [6, 6.07) is 14.0. The van der Waals surface area contributed by atoms with Gasteiger partial charge in [0.05, 0.1) is 0 Å². The lowest BCUT2D eigenvalue weighted by Gasteiger charge is -2.03. The minimum atomic E-state index is 0.151. The molecule has 0 aliphatic rings. The molecule has 0 fully saturated rings. The molecule has 0 spiro atoms.